The lowest BCUT2D eigenvalue weighted by molar-refractivity contribution is -0.132. The summed E-state index contributed by atoms with van der Waals surface area (Å²) in [5, 5.41) is 28.6. The molecule has 0 bridgehead atoms. The second-order valence-corrected chi connectivity index (χ2v) is 4.26. The third-order valence-electron chi connectivity index (χ3n) is 2.27. The van der Waals surface area contributed by atoms with Crippen molar-refractivity contribution in [2.45, 2.75) is 13.8 Å². The fraction of sp³-hybridized carbons (Fsp3) is 0.143. The number of ether oxygens (including phenoxy) is 2. The van der Waals surface area contributed by atoms with E-state index >= 15 is 0 Å². The van der Waals surface area contributed by atoms with Crippen LogP contribution >= 0.6 is 0 Å². The maximum atomic E-state index is 11.5. The molecule has 1 aromatic rings. The standard InChI is InChI=1S/C14H14O7/c1-6(2)13(18)20-9-5-8(15)10(16)11(17)12(9)21-14(19)7(3)4/h5,15-17H,1,3H2,2,4H3. The molecule has 3 N–H and O–H groups in total. The van der Waals surface area contributed by atoms with Crippen molar-refractivity contribution in [2.75, 3.05) is 0 Å². The lowest BCUT2D eigenvalue weighted by atomic mass is 10.2. The fourth-order valence-electron chi connectivity index (χ4n) is 1.14. The van der Waals surface area contributed by atoms with Gasteiger partial charge in [-0.1, -0.05) is 13.2 Å². The van der Waals surface area contributed by atoms with Crippen molar-refractivity contribution >= 4 is 11.9 Å². The van der Waals surface area contributed by atoms with Gasteiger partial charge in [0.1, 0.15) is 0 Å². The van der Waals surface area contributed by atoms with E-state index in [4.69, 9.17) is 9.47 Å². The molecule has 0 fully saturated rings. The Labute approximate surface area is 120 Å². The molecule has 1 aromatic carbocycles. The molecule has 0 aliphatic carbocycles. The molecule has 7 heteroatoms. The van der Waals surface area contributed by atoms with Crippen LogP contribution in [0.25, 0.3) is 0 Å². The number of phenolic OH excluding ortho intramolecular Hbond substituents is 3. The summed E-state index contributed by atoms with van der Waals surface area (Å²) in [4.78, 5) is 23.0. The molecule has 0 aliphatic heterocycles. The van der Waals surface area contributed by atoms with Gasteiger partial charge in [0.25, 0.3) is 0 Å². The lowest BCUT2D eigenvalue weighted by Crippen LogP contribution is -2.13. The van der Waals surface area contributed by atoms with E-state index < -0.39 is 40.7 Å². The summed E-state index contributed by atoms with van der Waals surface area (Å²) in [6.45, 7) is 9.45. The van der Waals surface area contributed by atoms with Gasteiger partial charge in [0, 0.05) is 17.2 Å². The Morgan fingerprint density at radius 1 is 0.952 bits per heavy atom. The summed E-state index contributed by atoms with van der Waals surface area (Å²) < 4.78 is 9.62. The van der Waals surface area contributed by atoms with Gasteiger partial charge in [-0.25, -0.2) is 9.59 Å². The number of aromatic hydroxyl groups is 3. The van der Waals surface area contributed by atoms with Gasteiger partial charge in [0.15, 0.2) is 11.5 Å². The van der Waals surface area contributed by atoms with Gasteiger partial charge in [-0.05, 0) is 13.8 Å². The van der Waals surface area contributed by atoms with Crippen molar-refractivity contribution in [2.24, 2.45) is 0 Å². The minimum absolute atomic E-state index is 0.0131. The van der Waals surface area contributed by atoms with Crippen molar-refractivity contribution in [3.8, 4) is 28.7 Å². The molecule has 0 aliphatic rings. The summed E-state index contributed by atoms with van der Waals surface area (Å²) in [6.07, 6.45) is 0. The topological polar surface area (TPSA) is 113 Å². The highest BCUT2D eigenvalue weighted by Crippen LogP contribution is 2.48. The van der Waals surface area contributed by atoms with Gasteiger partial charge in [0.2, 0.25) is 17.2 Å². The molecule has 0 unspecified atom stereocenters. The molecule has 1 rings (SSSR count). The number of hydrogen-bond acceptors (Lipinski definition) is 7. The number of carbonyl (C=O) groups excluding carboxylic acids is 2. The van der Waals surface area contributed by atoms with Crippen molar-refractivity contribution < 1.29 is 34.4 Å². The minimum Gasteiger partial charge on any atom is -0.504 e. The van der Waals surface area contributed by atoms with Crippen LogP contribution in [0, 0.1) is 0 Å². The smallest absolute Gasteiger partial charge is 0.338 e. The molecule has 21 heavy (non-hydrogen) atoms. The van der Waals surface area contributed by atoms with Gasteiger partial charge in [-0.3, -0.25) is 0 Å². The van der Waals surface area contributed by atoms with E-state index in [9.17, 15) is 24.9 Å². The number of hydrogen-bond donors (Lipinski definition) is 3. The Bertz CT molecular complexity index is 643. The maximum absolute atomic E-state index is 11.5. The Hall–Kier alpha value is -2.96. The van der Waals surface area contributed by atoms with Crippen LogP contribution < -0.4 is 9.47 Å². The zero-order valence-corrected chi connectivity index (χ0v) is 11.5. The van der Waals surface area contributed by atoms with Crippen LogP contribution in [-0.4, -0.2) is 27.3 Å². The maximum Gasteiger partial charge on any atom is 0.338 e. The van der Waals surface area contributed by atoms with Crippen molar-refractivity contribution in [1.82, 2.24) is 0 Å². The van der Waals surface area contributed by atoms with E-state index in [1.54, 1.807) is 0 Å². The molecular formula is C14H14O7. The van der Waals surface area contributed by atoms with Gasteiger partial charge in [-0.15, -0.1) is 0 Å². The van der Waals surface area contributed by atoms with E-state index in [0.29, 0.717) is 0 Å². The summed E-state index contributed by atoms with van der Waals surface area (Å²) in [6, 6.07) is 0.816. The Balaban J connectivity index is 3.33. The molecule has 0 aromatic heterocycles. The minimum atomic E-state index is -0.950. The summed E-state index contributed by atoms with van der Waals surface area (Å²) in [5.41, 5.74) is 0.0541. The first-order valence-corrected chi connectivity index (χ1v) is 5.68. The molecule has 7 nitrogen and oxygen atoms in total. The van der Waals surface area contributed by atoms with Crippen LogP contribution in [0.1, 0.15) is 13.8 Å². The lowest BCUT2D eigenvalue weighted by Gasteiger charge is -2.13. The third-order valence-corrected chi connectivity index (χ3v) is 2.27. The number of carbonyl (C=O) groups is 2. The van der Waals surface area contributed by atoms with Crippen molar-refractivity contribution in [1.29, 1.82) is 0 Å². The largest absolute Gasteiger partial charge is 0.504 e. The SMILES string of the molecule is C=C(C)C(=O)Oc1cc(O)c(O)c(O)c1OC(=O)C(=C)C. The quantitative estimate of drug-likeness (QED) is 0.335. The summed E-state index contributed by atoms with van der Waals surface area (Å²) >= 11 is 0. The van der Waals surface area contributed by atoms with E-state index in [-0.39, 0.29) is 11.1 Å². The average Bonchev–Trinajstić information content (AvgIpc) is 2.40. The van der Waals surface area contributed by atoms with Crippen molar-refractivity contribution in [3.63, 3.8) is 0 Å². The van der Waals surface area contributed by atoms with Crippen molar-refractivity contribution in [3.05, 3.63) is 30.4 Å². The second kappa shape index (κ2) is 6.00. The second-order valence-electron chi connectivity index (χ2n) is 4.26. The van der Waals surface area contributed by atoms with Crippen LogP contribution in [-0.2, 0) is 9.59 Å². The zero-order valence-electron chi connectivity index (χ0n) is 11.5. The van der Waals surface area contributed by atoms with Crippen LogP contribution in [0.3, 0.4) is 0 Å². The van der Waals surface area contributed by atoms with Crippen LogP contribution in [0.4, 0.5) is 0 Å². The number of esters is 2. The summed E-state index contributed by atoms with van der Waals surface area (Å²) in [5.74, 6) is -5.48. The van der Waals surface area contributed by atoms with Gasteiger partial charge in [0.05, 0.1) is 0 Å². The monoisotopic (exact) mass is 294 g/mol. The number of phenols is 3. The normalized spacial score (nSPS) is 9.81. The van der Waals surface area contributed by atoms with E-state index in [1.807, 2.05) is 0 Å². The molecule has 0 heterocycles. The first-order valence-electron chi connectivity index (χ1n) is 5.68. The van der Waals surface area contributed by atoms with Crippen LogP contribution in [0.2, 0.25) is 0 Å². The van der Waals surface area contributed by atoms with Gasteiger partial charge in [-0.2, -0.15) is 0 Å². The number of benzene rings is 1. The van der Waals surface area contributed by atoms with E-state index in [1.165, 1.54) is 13.8 Å². The fourth-order valence-corrected chi connectivity index (χ4v) is 1.14. The molecule has 0 saturated heterocycles. The first kappa shape index (κ1) is 16.1. The molecular weight excluding hydrogens is 280 g/mol. The number of rotatable bonds is 4. The first-order chi connectivity index (χ1) is 9.65. The average molecular weight is 294 g/mol. The molecule has 112 valence electrons. The van der Waals surface area contributed by atoms with E-state index in [0.717, 1.165) is 6.07 Å². The molecule has 0 spiro atoms. The Morgan fingerprint density at radius 2 is 1.43 bits per heavy atom. The predicted octanol–water partition coefficient (Wildman–Crippen LogP) is 1.77. The molecule has 0 radical (unpaired) electrons. The Morgan fingerprint density at radius 3 is 1.90 bits per heavy atom. The highest BCUT2D eigenvalue weighted by Gasteiger charge is 2.24. The third kappa shape index (κ3) is 3.53. The molecule has 0 atom stereocenters. The highest BCUT2D eigenvalue weighted by molar-refractivity contribution is 5.92. The van der Waals surface area contributed by atoms with Gasteiger partial charge >= 0.3 is 11.9 Å². The zero-order chi connectivity index (χ0) is 16.3. The van der Waals surface area contributed by atoms with E-state index in [2.05, 4.69) is 13.2 Å². The van der Waals surface area contributed by atoms with Crippen LogP contribution in [0.15, 0.2) is 30.4 Å². The predicted molar refractivity (Wildman–Crippen MR) is 72.3 cm³/mol. The summed E-state index contributed by atoms with van der Waals surface area (Å²) in [7, 11) is 0. The van der Waals surface area contributed by atoms with Crippen LogP contribution in [0.5, 0.6) is 28.7 Å². The molecule has 0 saturated carbocycles. The highest BCUT2D eigenvalue weighted by atomic mass is 16.6. The van der Waals surface area contributed by atoms with Gasteiger partial charge < -0.3 is 24.8 Å². The Kier molecular flexibility index (Phi) is 4.60. The molecule has 0 amide bonds.